The van der Waals surface area contributed by atoms with E-state index < -0.39 is 24.3 Å². The summed E-state index contributed by atoms with van der Waals surface area (Å²) in [6.45, 7) is 6.13. The molecule has 0 fully saturated rings. The van der Waals surface area contributed by atoms with E-state index in [1.54, 1.807) is 6.07 Å². The maximum absolute atomic E-state index is 13.8. The second kappa shape index (κ2) is 10.0. The van der Waals surface area contributed by atoms with Crippen LogP contribution in [0.2, 0.25) is 0 Å². The summed E-state index contributed by atoms with van der Waals surface area (Å²) in [6.07, 6.45) is 2.41. The Kier molecular flexibility index (Phi) is 7.74. The molecule has 0 aliphatic rings. The van der Waals surface area contributed by atoms with E-state index in [1.807, 2.05) is 26.0 Å². The number of nitrogens with zero attached hydrogens (tertiary/aromatic N) is 2. The van der Waals surface area contributed by atoms with E-state index >= 15 is 0 Å². The average molecular weight is 462 g/mol. The molecule has 1 amide bonds. The Morgan fingerprint density at radius 1 is 1.34 bits per heavy atom. The molecule has 1 heterocycles. The molecule has 0 saturated carbocycles. The van der Waals surface area contributed by atoms with Gasteiger partial charge in [-0.25, -0.2) is 9.18 Å². The lowest BCUT2D eigenvalue weighted by Crippen LogP contribution is -2.21. The molecule has 2 rings (SSSR count). The van der Waals surface area contributed by atoms with Gasteiger partial charge in [0.15, 0.2) is 6.61 Å². The van der Waals surface area contributed by atoms with E-state index in [4.69, 9.17) is 4.74 Å². The smallest absolute Gasteiger partial charge is 0.349 e. The second-order valence-corrected chi connectivity index (χ2v) is 7.31. The third-order valence-electron chi connectivity index (χ3n) is 4.24. The summed E-state index contributed by atoms with van der Waals surface area (Å²) in [5.41, 5.74) is 2.45. The summed E-state index contributed by atoms with van der Waals surface area (Å²) < 4.78 is 21.3. The summed E-state index contributed by atoms with van der Waals surface area (Å²) >= 11 is 3.12. The number of esters is 1. The van der Waals surface area contributed by atoms with Crippen LogP contribution in [-0.4, -0.2) is 23.1 Å². The monoisotopic (exact) mass is 461 g/mol. The lowest BCUT2D eigenvalue weighted by Gasteiger charge is -2.08. The quantitative estimate of drug-likeness (QED) is 0.373. The fourth-order valence-corrected chi connectivity index (χ4v) is 3.15. The van der Waals surface area contributed by atoms with Crippen LogP contribution in [0.25, 0.3) is 6.08 Å². The maximum Gasteiger partial charge on any atom is 0.349 e. The van der Waals surface area contributed by atoms with E-state index in [9.17, 15) is 19.2 Å². The molecule has 0 aliphatic heterocycles. The van der Waals surface area contributed by atoms with Crippen molar-refractivity contribution in [3.63, 3.8) is 0 Å². The van der Waals surface area contributed by atoms with E-state index in [-0.39, 0.29) is 11.3 Å². The molecule has 0 spiro atoms. The fourth-order valence-electron chi connectivity index (χ4n) is 2.82. The zero-order valence-electron chi connectivity index (χ0n) is 16.4. The van der Waals surface area contributed by atoms with Crippen molar-refractivity contribution in [3.8, 4) is 6.07 Å². The highest BCUT2D eigenvalue weighted by Gasteiger charge is 2.16. The van der Waals surface area contributed by atoms with Crippen LogP contribution in [0.3, 0.4) is 0 Å². The highest BCUT2D eigenvalue weighted by atomic mass is 79.9. The SMILES string of the molecule is CCCn1c(C)cc(C=C(C#N)C(=O)OCC(=O)Nc2ccc(Br)cc2F)c1C. The van der Waals surface area contributed by atoms with Crippen molar-refractivity contribution in [1.29, 1.82) is 5.26 Å². The predicted molar refractivity (Wildman–Crippen MR) is 111 cm³/mol. The molecule has 6 nitrogen and oxygen atoms in total. The Morgan fingerprint density at radius 3 is 2.69 bits per heavy atom. The number of hydrogen-bond acceptors (Lipinski definition) is 4. The van der Waals surface area contributed by atoms with Crippen LogP contribution >= 0.6 is 15.9 Å². The summed E-state index contributed by atoms with van der Waals surface area (Å²) in [5.74, 6) is -2.25. The first-order valence-electron chi connectivity index (χ1n) is 8.97. The van der Waals surface area contributed by atoms with Gasteiger partial charge in [0.2, 0.25) is 0 Å². The van der Waals surface area contributed by atoms with Crippen LogP contribution in [0.5, 0.6) is 0 Å². The number of hydrogen-bond donors (Lipinski definition) is 1. The minimum absolute atomic E-state index is 0.0336. The minimum Gasteiger partial charge on any atom is -0.451 e. The Morgan fingerprint density at radius 2 is 2.07 bits per heavy atom. The number of carbonyl (C=O) groups is 2. The lowest BCUT2D eigenvalue weighted by atomic mass is 10.1. The van der Waals surface area contributed by atoms with Crippen molar-refractivity contribution >= 4 is 39.6 Å². The number of aryl methyl sites for hydroxylation is 1. The summed E-state index contributed by atoms with van der Waals surface area (Å²) in [5, 5.41) is 11.6. The maximum atomic E-state index is 13.8. The second-order valence-electron chi connectivity index (χ2n) is 6.40. The Hall–Kier alpha value is -2.92. The van der Waals surface area contributed by atoms with Gasteiger partial charge in [0.05, 0.1) is 5.69 Å². The number of aromatic nitrogens is 1. The van der Waals surface area contributed by atoms with E-state index in [2.05, 4.69) is 32.7 Å². The van der Waals surface area contributed by atoms with Gasteiger partial charge in [0.1, 0.15) is 17.5 Å². The molecule has 0 bridgehead atoms. The average Bonchev–Trinajstić information content (AvgIpc) is 2.94. The molecule has 0 aliphatic carbocycles. The summed E-state index contributed by atoms with van der Waals surface area (Å²) in [6, 6.07) is 7.84. The van der Waals surface area contributed by atoms with Crippen molar-refractivity contribution in [3.05, 3.63) is 57.1 Å². The molecule has 1 aromatic heterocycles. The van der Waals surface area contributed by atoms with Crippen molar-refractivity contribution in [2.45, 2.75) is 33.7 Å². The molecule has 0 unspecified atom stereocenters. The molecule has 1 N–H and O–H groups in total. The van der Waals surface area contributed by atoms with Crippen LogP contribution in [0.1, 0.15) is 30.3 Å². The van der Waals surface area contributed by atoms with Crippen LogP contribution in [-0.2, 0) is 20.9 Å². The Bertz CT molecular complexity index is 1010. The number of rotatable bonds is 7. The standard InChI is InChI=1S/C21H21BrFN3O3/c1-4-7-26-13(2)8-15(14(26)3)9-16(11-24)21(28)29-12-20(27)25-19-6-5-17(22)10-18(19)23/h5-6,8-10H,4,7,12H2,1-3H3,(H,25,27). The minimum atomic E-state index is -0.917. The van der Waals surface area contributed by atoms with Crippen LogP contribution in [0.4, 0.5) is 10.1 Å². The third kappa shape index (κ3) is 5.78. The highest BCUT2D eigenvalue weighted by molar-refractivity contribution is 9.10. The number of nitrogens with one attached hydrogen (secondary N) is 1. The Labute approximate surface area is 177 Å². The molecular formula is C21H21BrFN3O3. The molecule has 152 valence electrons. The van der Waals surface area contributed by atoms with Crippen LogP contribution in [0.15, 0.2) is 34.3 Å². The number of nitriles is 1. The summed E-state index contributed by atoms with van der Waals surface area (Å²) in [7, 11) is 0. The van der Waals surface area contributed by atoms with Gasteiger partial charge in [-0.15, -0.1) is 0 Å². The number of benzene rings is 1. The number of amides is 1. The normalized spacial score (nSPS) is 11.1. The lowest BCUT2D eigenvalue weighted by molar-refractivity contribution is -0.142. The van der Waals surface area contributed by atoms with E-state index in [0.717, 1.165) is 29.9 Å². The number of anilines is 1. The van der Waals surface area contributed by atoms with Crippen LogP contribution in [0, 0.1) is 31.0 Å². The molecular weight excluding hydrogens is 441 g/mol. The first-order chi connectivity index (χ1) is 13.8. The first kappa shape index (κ1) is 22.4. The van der Waals surface area contributed by atoms with Gasteiger partial charge in [0, 0.05) is 22.4 Å². The molecule has 1 aromatic carbocycles. The van der Waals surface area contributed by atoms with Crippen molar-refractivity contribution < 1.29 is 18.7 Å². The molecule has 0 saturated heterocycles. The van der Waals surface area contributed by atoms with Gasteiger partial charge in [-0.2, -0.15) is 5.26 Å². The van der Waals surface area contributed by atoms with Gasteiger partial charge in [0.25, 0.3) is 5.91 Å². The number of carbonyl (C=O) groups excluding carboxylic acids is 2. The molecule has 29 heavy (non-hydrogen) atoms. The van der Waals surface area contributed by atoms with Crippen molar-refractivity contribution in [1.82, 2.24) is 4.57 Å². The molecule has 0 atom stereocenters. The van der Waals surface area contributed by atoms with Crippen molar-refractivity contribution in [2.24, 2.45) is 0 Å². The largest absolute Gasteiger partial charge is 0.451 e. The first-order valence-corrected chi connectivity index (χ1v) is 9.76. The molecule has 2 aromatic rings. The van der Waals surface area contributed by atoms with Gasteiger partial charge in [-0.3, -0.25) is 4.79 Å². The van der Waals surface area contributed by atoms with E-state index in [0.29, 0.717) is 4.47 Å². The topological polar surface area (TPSA) is 84.1 Å². The zero-order chi connectivity index (χ0) is 21.6. The predicted octanol–water partition coefficient (Wildman–Crippen LogP) is 4.51. The molecule has 0 radical (unpaired) electrons. The Balaban J connectivity index is 2.05. The number of ether oxygens (including phenoxy) is 1. The van der Waals surface area contributed by atoms with Gasteiger partial charge >= 0.3 is 5.97 Å². The third-order valence-corrected chi connectivity index (χ3v) is 4.73. The van der Waals surface area contributed by atoms with Gasteiger partial charge in [-0.1, -0.05) is 22.9 Å². The number of halogens is 2. The summed E-state index contributed by atoms with van der Waals surface area (Å²) in [4.78, 5) is 24.1. The van der Waals surface area contributed by atoms with Gasteiger partial charge in [-0.05, 0) is 56.2 Å². The van der Waals surface area contributed by atoms with Gasteiger partial charge < -0.3 is 14.6 Å². The molecule has 8 heteroatoms. The van der Waals surface area contributed by atoms with Crippen molar-refractivity contribution in [2.75, 3.05) is 11.9 Å². The van der Waals surface area contributed by atoms with E-state index in [1.165, 1.54) is 18.2 Å². The highest BCUT2D eigenvalue weighted by Crippen LogP contribution is 2.20. The van der Waals surface area contributed by atoms with Crippen LogP contribution < -0.4 is 5.32 Å². The zero-order valence-corrected chi connectivity index (χ0v) is 18.0. The fraction of sp³-hybridized carbons (Fsp3) is 0.286.